The highest BCUT2D eigenvalue weighted by atomic mass is 35.5. The Labute approximate surface area is 149 Å². The Kier molecular flexibility index (Phi) is 5.12. The van der Waals surface area contributed by atoms with E-state index in [4.69, 9.17) is 5.73 Å². The van der Waals surface area contributed by atoms with Crippen LogP contribution in [0.1, 0.15) is 24.8 Å². The van der Waals surface area contributed by atoms with Crippen LogP contribution in [0.5, 0.6) is 0 Å². The van der Waals surface area contributed by atoms with E-state index >= 15 is 0 Å². The maximum Gasteiger partial charge on any atom is 0.227 e. The molecule has 4 rings (SSSR count). The van der Waals surface area contributed by atoms with Crippen LogP contribution in [0.2, 0.25) is 0 Å². The van der Waals surface area contributed by atoms with Crippen molar-refractivity contribution in [2.75, 3.05) is 13.1 Å². The smallest absolute Gasteiger partial charge is 0.227 e. The lowest BCUT2D eigenvalue weighted by molar-refractivity contribution is -0.129. The molecule has 0 aromatic heterocycles. The minimum Gasteiger partial charge on any atom is -0.342 e. The first-order valence-corrected chi connectivity index (χ1v) is 8.72. The number of hydrogen-bond donors (Lipinski definition) is 1. The molecule has 1 aliphatic heterocycles. The number of nitrogens with two attached hydrogens (primary N) is 1. The van der Waals surface area contributed by atoms with E-state index in [1.165, 1.54) is 23.6 Å². The van der Waals surface area contributed by atoms with Crippen LogP contribution < -0.4 is 5.73 Å². The highest BCUT2D eigenvalue weighted by Crippen LogP contribution is 2.35. The Morgan fingerprint density at radius 1 is 1.08 bits per heavy atom. The van der Waals surface area contributed by atoms with Gasteiger partial charge in [-0.05, 0) is 41.0 Å². The van der Waals surface area contributed by atoms with Gasteiger partial charge < -0.3 is 10.6 Å². The predicted molar refractivity (Wildman–Crippen MR) is 100 cm³/mol. The second-order valence-electron chi connectivity index (χ2n) is 7.13. The van der Waals surface area contributed by atoms with E-state index in [2.05, 4.69) is 29.2 Å². The summed E-state index contributed by atoms with van der Waals surface area (Å²) >= 11 is 0. The zero-order valence-electron chi connectivity index (χ0n) is 13.9. The molecule has 0 bridgehead atoms. The van der Waals surface area contributed by atoms with Crippen LogP contribution in [0.15, 0.2) is 42.5 Å². The fourth-order valence-electron chi connectivity index (χ4n) is 4.44. The number of benzene rings is 2. The van der Waals surface area contributed by atoms with Gasteiger partial charge in [0.15, 0.2) is 0 Å². The minimum absolute atomic E-state index is 0. The van der Waals surface area contributed by atoms with Gasteiger partial charge in [0.2, 0.25) is 5.91 Å². The Balaban J connectivity index is 0.00000169. The molecule has 2 aliphatic rings. The van der Waals surface area contributed by atoms with Crippen molar-refractivity contribution >= 4 is 29.1 Å². The zero-order valence-corrected chi connectivity index (χ0v) is 14.7. The van der Waals surface area contributed by atoms with E-state index in [1.807, 2.05) is 18.2 Å². The molecule has 1 aliphatic carbocycles. The molecule has 3 nitrogen and oxygen atoms in total. The Morgan fingerprint density at radius 3 is 2.71 bits per heavy atom. The average molecular weight is 345 g/mol. The topological polar surface area (TPSA) is 46.3 Å². The van der Waals surface area contributed by atoms with Crippen molar-refractivity contribution in [3.63, 3.8) is 0 Å². The summed E-state index contributed by atoms with van der Waals surface area (Å²) in [7, 11) is 0. The number of rotatable bonds is 2. The van der Waals surface area contributed by atoms with Crippen LogP contribution in [0.25, 0.3) is 10.8 Å². The van der Waals surface area contributed by atoms with Crippen LogP contribution in [0.4, 0.5) is 0 Å². The van der Waals surface area contributed by atoms with Crippen molar-refractivity contribution in [3.05, 3.63) is 48.0 Å². The van der Waals surface area contributed by atoms with Crippen molar-refractivity contribution in [1.82, 2.24) is 4.90 Å². The number of hydrogen-bond acceptors (Lipinski definition) is 2. The maximum atomic E-state index is 12.8. The molecule has 2 N–H and O–H groups in total. The normalized spacial score (nSPS) is 26.0. The van der Waals surface area contributed by atoms with E-state index in [-0.39, 0.29) is 24.4 Å². The van der Waals surface area contributed by atoms with Crippen LogP contribution in [-0.2, 0) is 11.2 Å². The fourth-order valence-corrected chi connectivity index (χ4v) is 4.44. The van der Waals surface area contributed by atoms with Crippen LogP contribution in [0, 0.1) is 11.8 Å². The van der Waals surface area contributed by atoms with Gasteiger partial charge in [-0.15, -0.1) is 12.4 Å². The molecule has 1 heterocycles. The van der Waals surface area contributed by atoms with Crippen LogP contribution >= 0.6 is 12.4 Å². The molecule has 1 saturated carbocycles. The molecule has 1 amide bonds. The molecule has 128 valence electrons. The number of halogens is 1. The molecule has 0 spiro atoms. The summed E-state index contributed by atoms with van der Waals surface area (Å²) in [6, 6.07) is 14.8. The average Bonchev–Trinajstić information content (AvgIpc) is 3.01. The molecular formula is C20H25ClN2O. The third-order valence-electron chi connectivity index (χ3n) is 5.73. The first kappa shape index (κ1) is 17.2. The number of carbonyl (C=O) groups excluding carboxylic acids is 1. The van der Waals surface area contributed by atoms with Crippen molar-refractivity contribution in [2.24, 2.45) is 17.6 Å². The molecule has 1 saturated heterocycles. The lowest BCUT2D eigenvalue weighted by Crippen LogP contribution is -2.38. The molecule has 2 aromatic rings. The number of carbonyl (C=O) groups is 1. The summed E-state index contributed by atoms with van der Waals surface area (Å²) in [4.78, 5) is 14.9. The number of likely N-dealkylation sites (tertiary alicyclic amines) is 1. The Hall–Kier alpha value is -1.58. The van der Waals surface area contributed by atoms with Crippen molar-refractivity contribution in [3.8, 4) is 0 Å². The molecule has 2 aromatic carbocycles. The first-order valence-electron chi connectivity index (χ1n) is 8.72. The van der Waals surface area contributed by atoms with Gasteiger partial charge in [-0.1, -0.05) is 48.9 Å². The van der Waals surface area contributed by atoms with E-state index in [1.54, 1.807) is 0 Å². The van der Waals surface area contributed by atoms with Gasteiger partial charge in [-0.25, -0.2) is 0 Å². The lowest BCUT2D eigenvalue weighted by Gasteiger charge is -2.29. The highest BCUT2D eigenvalue weighted by molar-refractivity contribution is 5.90. The standard InChI is InChI=1S/C20H24N2O.ClH/c21-19-10-4-8-16-12-22(13-18(16)19)20(23)11-15-7-3-6-14-5-1-2-9-17(14)15;/h1-3,5-7,9,16,18-19H,4,8,10-13,21H2;1H. The second kappa shape index (κ2) is 7.12. The van der Waals surface area contributed by atoms with E-state index in [0.717, 1.165) is 25.1 Å². The summed E-state index contributed by atoms with van der Waals surface area (Å²) in [6.45, 7) is 1.76. The Morgan fingerprint density at radius 2 is 1.88 bits per heavy atom. The molecule has 2 fully saturated rings. The van der Waals surface area contributed by atoms with Gasteiger partial charge in [0.25, 0.3) is 0 Å². The first-order chi connectivity index (χ1) is 11.2. The Bertz CT molecular complexity index is 727. The predicted octanol–water partition coefficient (Wildman–Crippen LogP) is 3.39. The number of amides is 1. The molecule has 4 heteroatoms. The molecular weight excluding hydrogens is 320 g/mol. The van der Waals surface area contributed by atoms with Gasteiger partial charge in [-0.3, -0.25) is 4.79 Å². The maximum absolute atomic E-state index is 12.8. The molecule has 3 unspecified atom stereocenters. The SMILES string of the molecule is Cl.NC1CCCC2CN(C(=O)Cc3cccc4ccccc34)CC12. The summed E-state index contributed by atoms with van der Waals surface area (Å²) in [6.07, 6.45) is 4.06. The highest BCUT2D eigenvalue weighted by Gasteiger charge is 2.40. The molecule has 3 atom stereocenters. The number of fused-ring (bicyclic) bond motifs is 2. The van der Waals surface area contributed by atoms with Crippen LogP contribution in [-0.4, -0.2) is 29.9 Å². The van der Waals surface area contributed by atoms with Gasteiger partial charge in [0.1, 0.15) is 0 Å². The monoisotopic (exact) mass is 344 g/mol. The lowest BCUT2D eigenvalue weighted by atomic mass is 9.78. The summed E-state index contributed by atoms with van der Waals surface area (Å²) in [5.41, 5.74) is 7.40. The third kappa shape index (κ3) is 3.15. The number of nitrogens with zero attached hydrogens (tertiary/aromatic N) is 1. The molecule has 24 heavy (non-hydrogen) atoms. The summed E-state index contributed by atoms with van der Waals surface area (Å²) in [5, 5.41) is 2.39. The molecule has 0 radical (unpaired) electrons. The van der Waals surface area contributed by atoms with Crippen LogP contribution in [0.3, 0.4) is 0 Å². The van der Waals surface area contributed by atoms with Gasteiger partial charge >= 0.3 is 0 Å². The quantitative estimate of drug-likeness (QED) is 0.907. The minimum atomic E-state index is 0. The van der Waals surface area contributed by atoms with Crippen molar-refractivity contribution in [1.29, 1.82) is 0 Å². The van der Waals surface area contributed by atoms with Crippen molar-refractivity contribution < 1.29 is 4.79 Å². The summed E-state index contributed by atoms with van der Waals surface area (Å²) < 4.78 is 0. The fraction of sp³-hybridized carbons (Fsp3) is 0.450. The largest absolute Gasteiger partial charge is 0.342 e. The van der Waals surface area contributed by atoms with Gasteiger partial charge in [0.05, 0.1) is 6.42 Å². The van der Waals surface area contributed by atoms with E-state index < -0.39 is 0 Å². The summed E-state index contributed by atoms with van der Waals surface area (Å²) in [5.74, 6) is 1.39. The van der Waals surface area contributed by atoms with Gasteiger partial charge in [0, 0.05) is 19.1 Å². The van der Waals surface area contributed by atoms with E-state index in [0.29, 0.717) is 18.3 Å². The third-order valence-corrected chi connectivity index (χ3v) is 5.73. The second-order valence-corrected chi connectivity index (χ2v) is 7.13. The van der Waals surface area contributed by atoms with Gasteiger partial charge in [-0.2, -0.15) is 0 Å². The van der Waals surface area contributed by atoms with Crippen molar-refractivity contribution in [2.45, 2.75) is 31.7 Å². The van der Waals surface area contributed by atoms with E-state index in [9.17, 15) is 4.79 Å². The zero-order chi connectivity index (χ0) is 15.8.